The van der Waals surface area contributed by atoms with Crippen LogP contribution in [0.5, 0.6) is 0 Å². The average molecular weight is 489 g/mol. The minimum Gasteiger partial charge on any atom is -0.456 e. The summed E-state index contributed by atoms with van der Waals surface area (Å²) in [5.74, 6) is 0. The second-order valence-electron chi connectivity index (χ2n) is 8.24. The second kappa shape index (κ2) is 8.38. The Morgan fingerprint density at radius 1 is 0.545 bits per heavy atom. The number of halogens is 1. The molecule has 5 aromatic carbocycles. The predicted molar refractivity (Wildman–Crippen MR) is 142 cm³/mol. The van der Waals surface area contributed by atoms with Crippen LogP contribution in [0.3, 0.4) is 0 Å². The maximum absolute atomic E-state index is 5.98. The van der Waals surface area contributed by atoms with Crippen molar-refractivity contribution < 1.29 is 4.42 Å². The smallest absolute Gasteiger partial charge is 0.135 e. The zero-order valence-electron chi connectivity index (χ0n) is 18.0. The van der Waals surface area contributed by atoms with Crippen molar-refractivity contribution in [1.82, 2.24) is 0 Å². The normalized spacial score (nSPS) is 11.7. The monoisotopic (exact) mass is 488 g/mol. The lowest BCUT2D eigenvalue weighted by molar-refractivity contribution is 0.669. The van der Waals surface area contributed by atoms with E-state index in [0.717, 1.165) is 22.1 Å². The number of fused-ring (bicyclic) bond motifs is 7. The van der Waals surface area contributed by atoms with Gasteiger partial charge < -0.3 is 4.42 Å². The third kappa shape index (κ3) is 3.57. The molecule has 0 saturated carbocycles. The third-order valence-corrected chi connectivity index (χ3v) is 6.98. The molecular weight excluding hydrogens is 468 g/mol. The van der Waals surface area contributed by atoms with Crippen LogP contribution >= 0.6 is 15.9 Å². The molecule has 0 radical (unpaired) electrons. The van der Waals surface area contributed by atoms with Gasteiger partial charge in [-0.3, -0.25) is 0 Å². The van der Waals surface area contributed by atoms with Gasteiger partial charge in [-0.05, 0) is 58.0 Å². The van der Waals surface area contributed by atoms with E-state index < -0.39 is 0 Å². The van der Waals surface area contributed by atoms with E-state index in [0.29, 0.717) is 0 Å². The number of rotatable bonds is 1. The fraction of sp³-hybridized carbons (Fsp3) is 0.0323. The van der Waals surface area contributed by atoms with E-state index in [1.165, 1.54) is 44.2 Å². The molecule has 0 amide bonds. The summed E-state index contributed by atoms with van der Waals surface area (Å²) in [6.07, 6.45) is 1.01. The summed E-state index contributed by atoms with van der Waals surface area (Å²) >= 11 is 3.53. The van der Waals surface area contributed by atoms with E-state index in [1.54, 1.807) is 0 Å². The van der Waals surface area contributed by atoms with Gasteiger partial charge in [-0.2, -0.15) is 0 Å². The van der Waals surface area contributed by atoms with Gasteiger partial charge in [-0.1, -0.05) is 113 Å². The van der Waals surface area contributed by atoms with Gasteiger partial charge in [0.15, 0.2) is 0 Å². The van der Waals surface area contributed by atoms with Gasteiger partial charge in [0.1, 0.15) is 11.2 Å². The van der Waals surface area contributed by atoms with Crippen LogP contribution in [0.1, 0.15) is 11.1 Å². The molecule has 1 nitrogen and oxygen atoms in total. The summed E-state index contributed by atoms with van der Waals surface area (Å²) in [5.41, 5.74) is 10.0. The summed E-state index contributed by atoms with van der Waals surface area (Å²) in [5, 5.41) is 2.52. The molecule has 6 aromatic rings. The van der Waals surface area contributed by atoms with E-state index in [2.05, 4.69) is 101 Å². The van der Waals surface area contributed by atoms with Gasteiger partial charge in [0.25, 0.3) is 0 Å². The standard InChI is InChI=1S/C19H12O.C12H9Br/c1-2-6-13-12(5-1)11-16-14(13)9-10-18-19(16)15-7-3-4-8-17(15)20-18;13-12-9-5-4-8-11(12)10-6-2-1-3-7-10/h1-10H,11H2;1-9H. The molecule has 158 valence electrons. The lowest BCUT2D eigenvalue weighted by Gasteiger charge is -2.02. The second-order valence-corrected chi connectivity index (χ2v) is 9.10. The van der Waals surface area contributed by atoms with Gasteiger partial charge in [0, 0.05) is 15.2 Å². The molecule has 0 N–H and O–H groups in total. The molecule has 1 aliphatic carbocycles. The summed E-state index contributed by atoms with van der Waals surface area (Å²) in [6.45, 7) is 0. The lowest BCUT2D eigenvalue weighted by Crippen LogP contribution is -1.81. The molecule has 0 bridgehead atoms. The first-order valence-corrected chi connectivity index (χ1v) is 11.9. The Bertz CT molecular complexity index is 1590. The Hall–Kier alpha value is -3.62. The van der Waals surface area contributed by atoms with Crippen LogP contribution in [0.25, 0.3) is 44.2 Å². The van der Waals surface area contributed by atoms with E-state index in [4.69, 9.17) is 4.42 Å². The van der Waals surface area contributed by atoms with Crippen molar-refractivity contribution in [2.75, 3.05) is 0 Å². The highest BCUT2D eigenvalue weighted by Gasteiger charge is 2.22. The maximum atomic E-state index is 5.98. The molecule has 0 aliphatic heterocycles. The van der Waals surface area contributed by atoms with Crippen molar-refractivity contribution in [1.29, 1.82) is 0 Å². The lowest BCUT2D eigenvalue weighted by atomic mass is 10.0. The van der Waals surface area contributed by atoms with Crippen LogP contribution < -0.4 is 0 Å². The van der Waals surface area contributed by atoms with E-state index in [1.807, 2.05) is 30.3 Å². The Morgan fingerprint density at radius 3 is 2.09 bits per heavy atom. The molecule has 0 unspecified atom stereocenters. The highest BCUT2D eigenvalue weighted by molar-refractivity contribution is 9.10. The number of furan rings is 1. The topological polar surface area (TPSA) is 13.1 Å². The minimum atomic E-state index is 0.979. The molecule has 1 aliphatic rings. The van der Waals surface area contributed by atoms with Crippen LogP contribution in [0.4, 0.5) is 0 Å². The van der Waals surface area contributed by atoms with Gasteiger partial charge in [-0.25, -0.2) is 0 Å². The predicted octanol–water partition coefficient (Wildman–Crippen LogP) is 9.27. The first-order chi connectivity index (χ1) is 16.3. The fourth-order valence-electron chi connectivity index (χ4n) is 4.76. The van der Waals surface area contributed by atoms with Crippen LogP contribution in [-0.2, 0) is 6.42 Å². The quantitative estimate of drug-likeness (QED) is 0.224. The van der Waals surface area contributed by atoms with E-state index >= 15 is 0 Å². The van der Waals surface area contributed by atoms with Gasteiger partial charge >= 0.3 is 0 Å². The highest BCUT2D eigenvalue weighted by atomic mass is 79.9. The summed E-state index contributed by atoms with van der Waals surface area (Å²) < 4.78 is 7.12. The molecule has 7 rings (SSSR count). The molecule has 0 spiro atoms. The molecule has 1 heterocycles. The Kier molecular flexibility index (Phi) is 5.09. The van der Waals surface area contributed by atoms with Crippen molar-refractivity contribution in [3.8, 4) is 22.3 Å². The van der Waals surface area contributed by atoms with Crippen LogP contribution in [0.2, 0.25) is 0 Å². The number of benzene rings is 5. The van der Waals surface area contributed by atoms with Crippen molar-refractivity contribution in [2.24, 2.45) is 0 Å². The van der Waals surface area contributed by atoms with Gasteiger partial charge in [0.2, 0.25) is 0 Å². The van der Waals surface area contributed by atoms with Crippen LogP contribution in [-0.4, -0.2) is 0 Å². The molecule has 0 saturated heterocycles. The minimum absolute atomic E-state index is 0.979. The van der Waals surface area contributed by atoms with Crippen molar-refractivity contribution in [2.45, 2.75) is 6.42 Å². The molecule has 0 atom stereocenters. The third-order valence-electron chi connectivity index (χ3n) is 6.28. The number of hydrogen-bond donors (Lipinski definition) is 0. The first-order valence-electron chi connectivity index (χ1n) is 11.1. The zero-order chi connectivity index (χ0) is 22.2. The number of para-hydroxylation sites is 1. The molecular formula is C31H21BrO. The SMILES string of the molecule is Brc1ccccc1-c1ccccc1.c1ccc2c(c1)Cc1c-2ccc2oc3ccccc3c12. The van der Waals surface area contributed by atoms with Gasteiger partial charge in [-0.15, -0.1) is 0 Å². The largest absolute Gasteiger partial charge is 0.456 e. The molecule has 1 aromatic heterocycles. The van der Waals surface area contributed by atoms with E-state index in [-0.39, 0.29) is 0 Å². The molecule has 0 fully saturated rings. The Balaban J connectivity index is 0.000000138. The molecule has 2 heteroatoms. The van der Waals surface area contributed by atoms with Crippen LogP contribution in [0, 0.1) is 0 Å². The van der Waals surface area contributed by atoms with Crippen molar-refractivity contribution in [3.63, 3.8) is 0 Å². The average Bonchev–Trinajstić information content (AvgIpc) is 3.43. The van der Waals surface area contributed by atoms with Crippen molar-refractivity contribution >= 4 is 37.9 Å². The summed E-state index contributed by atoms with van der Waals surface area (Å²) in [7, 11) is 0. The summed E-state index contributed by atoms with van der Waals surface area (Å²) in [6, 6.07) is 39.9. The zero-order valence-corrected chi connectivity index (χ0v) is 19.5. The van der Waals surface area contributed by atoms with Gasteiger partial charge in [0.05, 0.1) is 0 Å². The Labute approximate surface area is 201 Å². The highest BCUT2D eigenvalue weighted by Crippen LogP contribution is 2.43. The van der Waals surface area contributed by atoms with Crippen LogP contribution in [0.15, 0.2) is 124 Å². The summed E-state index contributed by atoms with van der Waals surface area (Å²) in [4.78, 5) is 0. The number of hydrogen-bond acceptors (Lipinski definition) is 1. The first kappa shape index (κ1) is 20.0. The molecule has 33 heavy (non-hydrogen) atoms. The maximum Gasteiger partial charge on any atom is 0.135 e. The Morgan fingerprint density at radius 2 is 1.24 bits per heavy atom. The van der Waals surface area contributed by atoms with Crippen molar-refractivity contribution in [3.05, 3.63) is 131 Å². The fourth-order valence-corrected chi connectivity index (χ4v) is 5.28. The van der Waals surface area contributed by atoms with E-state index in [9.17, 15) is 0 Å².